The first-order valence-corrected chi connectivity index (χ1v) is 7.62. The van der Waals surface area contributed by atoms with Gasteiger partial charge in [-0.2, -0.15) is 0 Å². The number of imidazole rings is 1. The zero-order valence-corrected chi connectivity index (χ0v) is 12.9. The smallest absolute Gasteiger partial charge is 0.229 e. The molecule has 3 heterocycles. The van der Waals surface area contributed by atoms with Crippen molar-refractivity contribution in [2.75, 3.05) is 18.5 Å². The SMILES string of the molecule is Oc1cc(Cl)ccc1-c1nnc(N[C@@H]2CCOC2)n2cncc12. The molecule has 0 saturated carbocycles. The number of nitrogens with one attached hydrogen (secondary N) is 1. The van der Waals surface area contributed by atoms with Crippen LogP contribution in [0.4, 0.5) is 5.95 Å². The fraction of sp³-hybridized carbons (Fsp3) is 0.267. The maximum absolute atomic E-state index is 10.1. The Hall–Kier alpha value is -2.38. The molecule has 7 nitrogen and oxygen atoms in total. The Morgan fingerprint density at radius 2 is 2.26 bits per heavy atom. The molecule has 1 atom stereocenters. The Kier molecular flexibility index (Phi) is 3.51. The lowest BCUT2D eigenvalue weighted by Crippen LogP contribution is -2.22. The van der Waals surface area contributed by atoms with Gasteiger partial charge in [0.15, 0.2) is 0 Å². The highest BCUT2D eigenvalue weighted by atomic mass is 35.5. The third-order valence-electron chi connectivity index (χ3n) is 3.83. The van der Waals surface area contributed by atoms with Crippen molar-refractivity contribution in [1.29, 1.82) is 0 Å². The van der Waals surface area contributed by atoms with Gasteiger partial charge in [-0.15, -0.1) is 10.2 Å². The molecular weight excluding hydrogens is 318 g/mol. The van der Waals surface area contributed by atoms with E-state index in [1.165, 1.54) is 6.07 Å². The van der Waals surface area contributed by atoms with Gasteiger partial charge in [0.25, 0.3) is 0 Å². The van der Waals surface area contributed by atoms with Gasteiger partial charge in [-0.25, -0.2) is 4.98 Å². The standard InChI is InChI=1S/C15H14ClN5O2/c16-9-1-2-11(13(22)5-9)14-12-6-17-8-21(12)15(20-19-14)18-10-3-4-23-7-10/h1-2,5-6,8,10,22H,3-4,7H2,(H,18,20)/t10-/m1/s1. The Morgan fingerprint density at radius 3 is 3.04 bits per heavy atom. The van der Waals surface area contributed by atoms with Gasteiger partial charge in [0.1, 0.15) is 17.8 Å². The Morgan fingerprint density at radius 1 is 1.35 bits per heavy atom. The van der Waals surface area contributed by atoms with Gasteiger partial charge in [-0.05, 0) is 24.6 Å². The second kappa shape index (κ2) is 5.68. The summed E-state index contributed by atoms with van der Waals surface area (Å²) in [7, 11) is 0. The van der Waals surface area contributed by atoms with Crippen molar-refractivity contribution in [1.82, 2.24) is 19.6 Å². The molecule has 1 aliphatic rings. The highest BCUT2D eigenvalue weighted by molar-refractivity contribution is 6.30. The summed E-state index contributed by atoms with van der Waals surface area (Å²) in [6.45, 7) is 1.40. The Balaban J connectivity index is 1.78. The highest BCUT2D eigenvalue weighted by Crippen LogP contribution is 2.33. The summed E-state index contributed by atoms with van der Waals surface area (Å²) in [6.07, 6.45) is 4.28. The first-order valence-electron chi connectivity index (χ1n) is 7.24. The van der Waals surface area contributed by atoms with Crippen molar-refractivity contribution >= 4 is 23.1 Å². The average Bonchev–Trinajstić information content (AvgIpc) is 3.19. The summed E-state index contributed by atoms with van der Waals surface area (Å²) in [5.74, 6) is 0.657. The van der Waals surface area contributed by atoms with E-state index in [1.807, 2.05) is 4.40 Å². The number of nitrogens with zero attached hydrogens (tertiary/aromatic N) is 4. The minimum absolute atomic E-state index is 0.0554. The Labute approximate surface area is 136 Å². The predicted molar refractivity (Wildman–Crippen MR) is 85.7 cm³/mol. The summed E-state index contributed by atoms with van der Waals surface area (Å²) < 4.78 is 7.18. The van der Waals surface area contributed by atoms with Gasteiger partial charge < -0.3 is 15.2 Å². The number of fused-ring (bicyclic) bond motifs is 1. The molecule has 1 aromatic carbocycles. The zero-order valence-electron chi connectivity index (χ0n) is 12.1. The number of phenols is 1. The number of benzene rings is 1. The summed E-state index contributed by atoms with van der Waals surface area (Å²) in [4.78, 5) is 4.17. The third kappa shape index (κ3) is 2.58. The topological polar surface area (TPSA) is 84.6 Å². The van der Waals surface area contributed by atoms with E-state index in [2.05, 4.69) is 20.5 Å². The van der Waals surface area contributed by atoms with Crippen LogP contribution in [0.5, 0.6) is 5.75 Å². The molecule has 0 radical (unpaired) electrons. The lowest BCUT2D eigenvalue weighted by molar-refractivity contribution is 0.195. The molecule has 2 N–H and O–H groups in total. The number of halogens is 1. The van der Waals surface area contributed by atoms with Crippen LogP contribution in [0, 0.1) is 0 Å². The van der Waals surface area contributed by atoms with Crippen LogP contribution < -0.4 is 5.32 Å². The fourth-order valence-corrected chi connectivity index (χ4v) is 2.83. The van der Waals surface area contributed by atoms with E-state index in [0.29, 0.717) is 28.8 Å². The monoisotopic (exact) mass is 331 g/mol. The van der Waals surface area contributed by atoms with E-state index >= 15 is 0 Å². The van der Waals surface area contributed by atoms with Crippen molar-refractivity contribution in [3.8, 4) is 17.0 Å². The summed E-state index contributed by atoms with van der Waals surface area (Å²) >= 11 is 5.89. The van der Waals surface area contributed by atoms with Gasteiger partial charge in [0.2, 0.25) is 5.95 Å². The number of hydrogen-bond acceptors (Lipinski definition) is 6. The van der Waals surface area contributed by atoms with Crippen LogP contribution in [-0.4, -0.2) is 43.9 Å². The van der Waals surface area contributed by atoms with Crippen LogP contribution in [0.25, 0.3) is 16.8 Å². The summed E-state index contributed by atoms with van der Waals surface area (Å²) in [6, 6.07) is 5.11. The van der Waals surface area contributed by atoms with Crippen molar-refractivity contribution in [3.63, 3.8) is 0 Å². The van der Waals surface area contributed by atoms with E-state index in [4.69, 9.17) is 16.3 Å². The van der Waals surface area contributed by atoms with Gasteiger partial charge in [-0.1, -0.05) is 11.6 Å². The maximum atomic E-state index is 10.1. The largest absolute Gasteiger partial charge is 0.507 e. The molecule has 23 heavy (non-hydrogen) atoms. The van der Waals surface area contributed by atoms with Crippen LogP contribution in [0.3, 0.4) is 0 Å². The third-order valence-corrected chi connectivity index (χ3v) is 4.07. The molecule has 1 aliphatic heterocycles. The summed E-state index contributed by atoms with van der Waals surface area (Å²) in [5, 5.41) is 22.4. The quantitative estimate of drug-likeness (QED) is 0.766. The molecule has 118 valence electrons. The number of hydrogen-bond donors (Lipinski definition) is 2. The number of anilines is 1. The van der Waals surface area contributed by atoms with Gasteiger partial charge >= 0.3 is 0 Å². The number of ether oxygens (including phenoxy) is 1. The average molecular weight is 332 g/mol. The van der Waals surface area contributed by atoms with E-state index in [0.717, 1.165) is 18.5 Å². The van der Waals surface area contributed by atoms with E-state index in [9.17, 15) is 5.11 Å². The number of aromatic hydroxyl groups is 1. The minimum atomic E-state index is 0.0554. The number of phenolic OH excluding ortho intramolecular Hbond substituents is 1. The minimum Gasteiger partial charge on any atom is -0.507 e. The lowest BCUT2D eigenvalue weighted by Gasteiger charge is -2.13. The first-order chi connectivity index (χ1) is 11.2. The molecule has 0 amide bonds. The molecule has 2 aromatic heterocycles. The number of aromatic nitrogens is 4. The fourth-order valence-electron chi connectivity index (χ4n) is 2.66. The van der Waals surface area contributed by atoms with Gasteiger partial charge in [0, 0.05) is 17.2 Å². The van der Waals surface area contributed by atoms with E-state index in [-0.39, 0.29) is 11.8 Å². The van der Waals surface area contributed by atoms with Crippen LogP contribution in [0.1, 0.15) is 6.42 Å². The van der Waals surface area contributed by atoms with Crippen LogP contribution in [-0.2, 0) is 4.74 Å². The van der Waals surface area contributed by atoms with Crippen molar-refractivity contribution in [2.45, 2.75) is 12.5 Å². The predicted octanol–water partition coefficient (Wildman–Crippen LogP) is 2.35. The molecule has 1 fully saturated rings. The molecule has 8 heteroatoms. The molecule has 0 aliphatic carbocycles. The van der Waals surface area contributed by atoms with E-state index in [1.54, 1.807) is 24.7 Å². The van der Waals surface area contributed by atoms with Gasteiger partial charge in [-0.3, -0.25) is 4.40 Å². The first kappa shape index (κ1) is 14.2. The van der Waals surface area contributed by atoms with Crippen molar-refractivity contribution in [2.24, 2.45) is 0 Å². The normalized spacial score (nSPS) is 17.7. The second-order valence-corrected chi connectivity index (χ2v) is 5.82. The molecule has 0 unspecified atom stereocenters. The second-order valence-electron chi connectivity index (χ2n) is 5.39. The number of rotatable bonds is 3. The molecule has 3 aromatic rings. The Bertz CT molecular complexity index is 860. The molecule has 4 rings (SSSR count). The summed E-state index contributed by atoms with van der Waals surface area (Å²) in [5.41, 5.74) is 1.85. The van der Waals surface area contributed by atoms with Crippen molar-refractivity contribution < 1.29 is 9.84 Å². The molecule has 1 saturated heterocycles. The van der Waals surface area contributed by atoms with Crippen LogP contribution in [0.15, 0.2) is 30.7 Å². The molecule has 0 spiro atoms. The molecular formula is C15H14ClN5O2. The van der Waals surface area contributed by atoms with Crippen molar-refractivity contribution in [3.05, 3.63) is 35.7 Å². The molecule has 0 bridgehead atoms. The van der Waals surface area contributed by atoms with Crippen LogP contribution in [0.2, 0.25) is 5.02 Å². The lowest BCUT2D eigenvalue weighted by atomic mass is 10.1. The maximum Gasteiger partial charge on any atom is 0.229 e. The zero-order chi connectivity index (χ0) is 15.8. The van der Waals surface area contributed by atoms with Gasteiger partial charge in [0.05, 0.1) is 24.4 Å². The highest BCUT2D eigenvalue weighted by Gasteiger charge is 2.19. The van der Waals surface area contributed by atoms with Crippen LogP contribution >= 0.6 is 11.6 Å². The van der Waals surface area contributed by atoms with E-state index < -0.39 is 0 Å².